The minimum atomic E-state index is -0.348. The zero-order chi connectivity index (χ0) is 18.2. The number of guanidine groups is 1. The molecule has 0 fully saturated rings. The van der Waals surface area contributed by atoms with E-state index in [0.717, 1.165) is 0 Å². The summed E-state index contributed by atoms with van der Waals surface area (Å²) in [5.41, 5.74) is 6.55. The van der Waals surface area contributed by atoms with Crippen LogP contribution in [-0.2, 0) is 0 Å². The number of aliphatic imine (C=N–C) groups is 1. The second kappa shape index (κ2) is 8.77. The largest absolute Gasteiger partial charge is 0.497 e. The van der Waals surface area contributed by atoms with Crippen molar-refractivity contribution in [1.82, 2.24) is 0 Å². The molecular weight excluding hydrogens is 325 g/mol. The summed E-state index contributed by atoms with van der Waals surface area (Å²) in [4.78, 5) is 4.24. The lowest BCUT2D eigenvalue weighted by molar-refractivity contribution is 0.229. The molecule has 3 N–H and O–H groups in total. The van der Waals surface area contributed by atoms with E-state index in [1.165, 1.54) is 12.1 Å². The highest BCUT2D eigenvalue weighted by molar-refractivity contribution is 5.94. The summed E-state index contributed by atoms with van der Waals surface area (Å²) in [6.45, 7) is 2.13. The first-order chi connectivity index (χ1) is 12.0. The number of anilines is 1. The summed E-state index contributed by atoms with van der Waals surface area (Å²) < 4.78 is 29.2. The van der Waals surface area contributed by atoms with Crippen LogP contribution in [-0.4, -0.2) is 32.8 Å². The zero-order valence-electron chi connectivity index (χ0n) is 14.5. The molecule has 0 bridgehead atoms. The first kappa shape index (κ1) is 18.4. The average molecular weight is 347 g/mol. The third kappa shape index (κ3) is 5.56. The minimum absolute atomic E-state index is 0.209. The maximum atomic E-state index is 13.1. The number of nitrogens with one attached hydrogen (secondary N) is 1. The van der Waals surface area contributed by atoms with Crippen LogP contribution in [0.3, 0.4) is 0 Å². The van der Waals surface area contributed by atoms with Crippen molar-refractivity contribution in [3.8, 4) is 17.2 Å². The van der Waals surface area contributed by atoms with E-state index in [9.17, 15) is 4.39 Å². The van der Waals surface area contributed by atoms with Gasteiger partial charge in [0.1, 0.15) is 29.2 Å². The number of benzene rings is 2. The molecule has 0 amide bonds. The van der Waals surface area contributed by atoms with Crippen LogP contribution in [0.5, 0.6) is 17.2 Å². The number of hydrogen-bond donors (Lipinski definition) is 2. The van der Waals surface area contributed by atoms with Crippen LogP contribution in [0.4, 0.5) is 10.1 Å². The van der Waals surface area contributed by atoms with Gasteiger partial charge in [-0.1, -0.05) is 6.07 Å². The van der Waals surface area contributed by atoms with Crippen molar-refractivity contribution in [3.63, 3.8) is 0 Å². The third-order valence-corrected chi connectivity index (χ3v) is 3.32. The topological polar surface area (TPSA) is 78.1 Å². The van der Waals surface area contributed by atoms with Crippen molar-refractivity contribution >= 4 is 11.6 Å². The molecule has 1 atom stereocenters. The van der Waals surface area contributed by atoms with Gasteiger partial charge in [-0.15, -0.1) is 0 Å². The van der Waals surface area contributed by atoms with Crippen LogP contribution in [0.25, 0.3) is 0 Å². The van der Waals surface area contributed by atoms with Gasteiger partial charge < -0.3 is 25.3 Å². The molecule has 6 nitrogen and oxygen atoms in total. The highest BCUT2D eigenvalue weighted by atomic mass is 19.1. The van der Waals surface area contributed by atoms with Gasteiger partial charge in [0.05, 0.1) is 26.5 Å². The van der Waals surface area contributed by atoms with Crippen LogP contribution < -0.4 is 25.3 Å². The molecule has 0 aliphatic carbocycles. The summed E-state index contributed by atoms with van der Waals surface area (Å²) in [6, 6.07) is 11.3. The molecular formula is C18H22FN3O3. The van der Waals surface area contributed by atoms with Gasteiger partial charge in [-0.05, 0) is 31.2 Å². The number of rotatable bonds is 7. The number of methoxy groups -OCH3 is 2. The maximum absolute atomic E-state index is 13.1. The molecule has 0 heterocycles. The molecule has 25 heavy (non-hydrogen) atoms. The van der Waals surface area contributed by atoms with Crippen LogP contribution in [0.15, 0.2) is 47.5 Å². The lowest BCUT2D eigenvalue weighted by atomic mass is 10.2. The van der Waals surface area contributed by atoms with Crippen LogP contribution in [0, 0.1) is 5.82 Å². The summed E-state index contributed by atoms with van der Waals surface area (Å²) in [7, 11) is 3.14. The second-order valence-corrected chi connectivity index (χ2v) is 5.30. The van der Waals surface area contributed by atoms with E-state index in [0.29, 0.717) is 29.5 Å². The van der Waals surface area contributed by atoms with Crippen molar-refractivity contribution in [3.05, 3.63) is 48.3 Å². The van der Waals surface area contributed by atoms with Crippen LogP contribution >= 0.6 is 0 Å². The van der Waals surface area contributed by atoms with E-state index in [1.807, 2.05) is 6.92 Å². The number of halogens is 1. The van der Waals surface area contributed by atoms with E-state index in [2.05, 4.69) is 10.3 Å². The van der Waals surface area contributed by atoms with Crippen LogP contribution in [0.2, 0.25) is 0 Å². The van der Waals surface area contributed by atoms with Gasteiger partial charge in [0.15, 0.2) is 5.96 Å². The fourth-order valence-electron chi connectivity index (χ4n) is 2.13. The Labute approximate surface area is 146 Å². The highest BCUT2D eigenvalue weighted by Crippen LogP contribution is 2.28. The molecule has 0 saturated carbocycles. The summed E-state index contributed by atoms with van der Waals surface area (Å²) in [5, 5.41) is 2.97. The number of hydrogen-bond acceptors (Lipinski definition) is 4. The van der Waals surface area contributed by atoms with Crippen molar-refractivity contribution in [2.24, 2.45) is 10.7 Å². The summed E-state index contributed by atoms with van der Waals surface area (Å²) in [5.74, 6) is 1.59. The van der Waals surface area contributed by atoms with Crippen molar-refractivity contribution in [1.29, 1.82) is 0 Å². The summed E-state index contributed by atoms with van der Waals surface area (Å²) >= 11 is 0. The number of nitrogens with zero attached hydrogens (tertiary/aromatic N) is 1. The third-order valence-electron chi connectivity index (χ3n) is 3.32. The van der Waals surface area contributed by atoms with Gasteiger partial charge >= 0.3 is 0 Å². The number of nitrogens with two attached hydrogens (primary N) is 1. The SMILES string of the molecule is COc1ccc(OC)c(NC(N)=NCC(C)Oc2cccc(F)c2)c1. The minimum Gasteiger partial charge on any atom is -0.497 e. The molecule has 2 rings (SSSR count). The summed E-state index contributed by atoms with van der Waals surface area (Å²) in [6.07, 6.45) is -0.269. The van der Waals surface area contributed by atoms with Gasteiger partial charge in [-0.3, -0.25) is 0 Å². The average Bonchev–Trinajstić information content (AvgIpc) is 2.60. The molecule has 0 aliphatic rings. The van der Waals surface area contributed by atoms with E-state index < -0.39 is 0 Å². The molecule has 134 valence electrons. The monoisotopic (exact) mass is 347 g/mol. The number of ether oxygens (including phenoxy) is 3. The molecule has 0 radical (unpaired) electrons. The van der Waals surface area contributed by atoms with E-state index in [1.54, 1.807) is 44.6 Å². The molecule has 0 spiro atoms. The lowest BCUT2D eigenvalue weighted by Gasteiger charge is -2.14. The van der Waals surface area contributed by atoms with E-state index in [-0.39, 0.29) is 17.9 Å². The second-order valence-electron chi connectivity index (χ2n) is 5.30. The van der Waals surface area contributed by atoms with E-state index >= 15 is 0 Å². The van der Waals surface area contributed by atoms with Gasteiger partial charge in [-0.2, -0.15) is 0 Å². The Morgan fingerprint density at radius 1 is 1.16 bits per heavy atom. The quantitative estimate of drug-likeness (QED) is 0.595. The Morgan fingerprint density at radius 2 is 1.96 bits per heavy atom. The molecule has 2 aromatic rings. The van der Waals surface area contributed by atoms with Crippen LogP contribution in [0.1, 0.15) is 6.92 Å². The molecule has 1 unspecified atom stereocenters. The fraction of sp³-hybridized carbons (Fsp3) is 0.278. The van der Waals surface area contributed by atoms with Gasteiger partial charge in [0.25, 0.3) is 0 Å². The molecule has 0 aliphatic heterocycles. The molecule has 7 heteroatoms. The van der Waals surface area contributed by atoms with Crippen molar-refractivity contribution < 1.29 is 18.6 Å². The predicted molar refractivity (Wildman–Crippen MR) is 96.1 cm³/mol. The Bertz CT molecular complexity index is 737. The van der Waals surface area contributed by atoms with Crippen molar-refractivity contribution in [2.45, 2.75) is 13.0 Å². The zero-order valence-corrected chi connectivity index (χ0v) is 14.5. The van der Waals surface area contributed by atoms with Gasteiger partial charge in [0.2, 0.25) is 0 Å². The Hall–Kier alpha value is -2.96. The molecule has 0 aromatic heterocycles. The van der Waals surface area contributed by atoms with Gasteiger partial charge in [-0.25, -0.2) is 9.38 Å². The Kier molecular flexibility index (Phi) is 6.45. The smallest absolute Gasteiger partial charge is 0.193 e. The first-order valence-corrected chi connectivity index (χ1v) is 7.73. The highest BCUT2D eigenvalue weighted by Gasteiger charge is 2.08. The van der Waals surface area contributed by atoms with Crippen molar-refractivity contribution in [2.75, 3.05) is 26.1 Å². The standard InChI is InChI=1S/C18H22FN3O3/c1-12(25-15-6-4-5-13(19)9-15)11-21-18(20)22-16-10-14(23-2)7-8-17(16)24-3/h4-10,12H,11H2,1-3H3,(H3,20,21,22). The maximum Gasteiger partial charge on any atom is 0.193 e. The normalized spacial score (nSPS) is 12.4. The lowest BCUT2D eigenvalue weighted by Crippen LogP contribution is -2.26. The van der Waals surface area contributed by atoms with E-state index in [4.69, 9.17) is 19.9 Å². The Morgan fingerprint density at radius 3 is 2.64 bits per heavy atom. The molecule has 2 aromatic carbocycles. The first-order valence-electron chi connectivity index (χ1n) is 7.73. The van der Waals surface area contributed by atoms with Gasteiger partial charge in [0, 0.05) is 12.1 Å². The Balaban J connectivity index is 1.97. The fourth-order valence-corrected chi connectivity index (χ4v) is 2.13. The molecule has 0 saturated heterocycles. The predicted octanol–water partition coefficient (Wildman–Crippen LogP) is 3.04.